The third-order valence-corrected chi connectivity index (χ3v) is 5.07. The van der Waals surface area contributed by atoms with Crippen molar-refractivity contribution in [3.8, 4) is 0 Å². The molecule has 1 aliphatic heterocycles. The molecule has 1 aliphatic rings. The number of amides is 1. The van der Waals surface area contributed by atoms with E-state index in [2.05, 4.69) is 10.2 Å². The van der Waals surface area contributed by atoms with Gasteiger partial charge in [-0.25, -0.2) is 0 Å². The number of rotatable bonds is 6. The number of hydrogen-bond donors (Lipinski definition) is 1. The lowest BCUT2D eigenvalue weighted by molar-refractivity contribution is -0.120. The molecule has 1 atom stereocenters. The number of benzene rings is 2. The maximum absolute atomic E-state index is 12.4. The molecule has 0 spiro atoms. The highest BCUT2D eigenvalue weighted by Gasteiger charge is 2.24. The fourth-order valence-corrected chi connectivity index (χ4v) is 3.50. The van der Waals surface area contributed by atoms with Crippen LogP contribution in [0.2, 0.25) is 5.02 Å². The average molecular weight is 373 g/mol. The summed E-state index contributed by atoms with van der Waals surface area (Å²) in [6, 6.07) is 16.0. The third-order valence-electron chi connectivity index (χ3n) is 4.73. The molecule has 0 saturated carbocycles. The van der Waals surface area contributed by atoms with Crippen LogP contribution in [0.1, 0.15) is 22.7 Å². The van der Waals surface area contributed by atoms with Gasteiger partial charge in [0.05, 0.1) is 25.7 Å². The number of hydrogen-bond acceptors (Lipinski definition) is 3. The van der Waals surface area contributed by atoms with E-state index in [1.807, 2.05) is 55.5 Å². The van der Waals surface area contributed by atoms with Crippen molar-refractivity contribution in [2.24, 2.45) is 0 Å². The highest BCUT2D eigenvalue weighted by Crippen LogP contribution is 2.27. The van der Waals surface area contributed by atoms with E-state index in [-0.39, 0.29) is 11.9 Å². The van der Waals surface area contributed by atoms with E-state index in [9.17, 15) is 4.79 Å². The summed E-state index contributed by atoms with van der Waals surface area (Å²) in [5.41, 5.74) is 3.26. The van der Waals surface area contributed by atoms with Gasteiger partial charge < -0.3 is 10.1 Å². The molecule has 138 valence electrons. The standard InChI is InChI=1S/C21H25ClN2O2/c1-16-6-8-17(9-7-16)14-21(25)23-15-20(24-10-12-26-13-11-24)18-4-2-3-5-19(18)22/h2-9,20H,10-15H2,1H3,(H,23,25). The molecule has 0 bridgehead atoms. The molecular weight excluding hydrogens is 348 g/mol. The molecule has 1 amide bonds. The minimum absolute atomic E-state index is 0.0270. The number of carbonyl (C=O) groups excluding carboxylic acids is 1. The van der Waals surface area contributed by atoms with E-state index < -0.39 is 0 Å². The first-order valence-electron chi connectivity index (χ1n) is 9.02. The lowest BCUT2D eigenvalue weighted by Crippen LogP contribution is -2.44. The summed E-state index contributed by atoms with van der Waals surface area (Å²) in [6.07, 6.45) is 0.388. The minimum atomic E-state index is 0.0270. The van der Waals surface area contributed by atoms with Crippen LogP contribution in [-0.2, 0) is 16.0 Å². The maximum atomic E-state index is 12.4. The van der Waals surface area contributed by atoms with E-state index in [1.54, 1.807) is 0 Å². The summed E-state index contributed by atoms with van der Waals surface area (Å²) in [7, 11) is 0. The van der Waals surface area contributed by atoms with Crippen molar-refractivity contribution in [2.45, 2.75) is 19.4 Å². The van der Waals surface area contributed by atoms with Crippen molar-refractivity contribution in [3.63, 3.8) is 0 Å². The van der Waals surface area contributed by atoms with Gasteiger partial charge >= 0.3 is 0 Å². The quantitative estimate of drug-likeness (QED) is 0.845. The van der Waals surface area contributed by atoms with Crippen LogP contribution in [0.15, 0.2) is 48.5 Å². The van der Waals surface area contributed by atoms with Gasteiger partial charge in [-0.05, 0) is 24.1 Å². The number of halogens is 1. The zero-order valence-electron chi connectivity index (χ0n) is 15.1. The van der Waals surface area contributed by atoms with Gasteiger partial charge in [0.2, 0.25) is 5.91 Å². The van der Waals surface area contributed by atoms with Gasteiger partial charge in [-0.2, -0.15) is 0 Å². The maximum Gasteiger partial charge on any atom is 0.224 e. The number of nitrogens with one attached hydrogen (secondary N) is 1. The molecule has 0 radical (unpaired) electrons. The van der Waals surface area contributed by atoms with Crippen LogP contribution in [0.5, 0.6) is 0 Å². The van der Waals surface area contributed by atoms with Gasteiger partial charge in [-0.3, -0.25) is 9.69 Å². The molecule has 5 heteroatoms. The van der Waals surface area contributed by atoms with Gasteiger partial charge in [0.1, 0.15) is 0 Å². The average Bonchev–Trinajstić information content (AvgIpc) is 2.66. The molecule has 1 fully saturated rings. The second-order valence-electron chi connectivity index (χ2n) is 6.65. The van der Waals surface area contributed by atoms with E-state index in [1.165, 1.54) is 5.56 Å². The first-order valence-corrected chi connectivity index (χ1v) is 9.40. The Kier molecular flexibility index (Phi) is 6.67. The molecule has 0 aliphatic carbocycles. The molecule has 1 N–H and O–H groups in total. The normalized spacial score (nSPS) is 16.2. The third kappa shape index (κ3) is 5.07. The van der Waals surface area contributed by atoms with Gasteiger partial charge in [0, 0.05) is 24.7 Å². The Labute approximate surface area is 160 Å². The zero-order valence-corrected chi connectivity index (χ0v) is 15.8. The summed E-state index contributed by atoms with van der Waals surface area (Å²) in [6.45, 7) is 5.67. The molecule has 2 aromatic carbocycles. The Morgan fingerprint density at radius 2 is 1.85 bits per heavy atom. The Bertz CT molecular complexity index is 727. The monoisotopic (exact) mass is 372 g/mol. The second-order valence-corrected chi connectivity index (χ2v) is 7.06. The largest absolute Gasteiger partial charge is 0.379 e. The Morgan fingerprint density at radius 1 is 1.15 bits per heavy atom. The molecule has 0 aromatic heterocycles. The summed E-state index contributed by atoms with van der Waals surface area (Å²) in [4.78, 5) is 14.7. The second kappa shape index (κ2) is 9.17. The lowest BCUT2D eigenvalue weighted by atomic mass is 10.0. The molecule has 3 rings (SSSR count). The first kappa shape index (κ1) is 18.9. The Morgan fingerprint density at radius 3 is 2.54 bits per heavy atom. The van der Waals surface area contributed by atoms with Crippen LogP contribution in [-0.4, -0.2) is 43.7 Å². The van der Waals surface area contributed by atoms with Crippen molar-refractivity contribution in [2.75, 3.05) is 32.8 Å². The van der Waals surface area contributed by atoms with Crippen LogP contribution in [0.3, 0.4) is 0 Å². The fraction of sp³-hybridized carbons (Fsp3) is 0.381. The van der Waals surface area contributed by atoms with Crippen molar-refractivity contribution in [1.82, 2.24) is 10.2 Å². The SMILES string of the molecule is Cc1ccc(CC(=O)NCC(c2ccccc2Cl)N2CCOCC2)cc1. The van der Waals surface area contributed by atoms with Crippen LogP contribution >= 0.6 is 11.6 Å². The summed E-state index contributed by atoms with van der Waals surface area (Å²) in [5.74, 6) is 0.0270. The Hall–Kier alpha value is -1.88. The molecule has 1 heterocycles. The summed E-state index contributed by atoms with van der Waals surface area (Å²) in [5, 5.41) is 3.82. The van der Waals surface area contributed by atoms with Gasteiger partial charge in [-0.1, -0.05) is 59.6 Å². The minimum Gasteiger partial charge on any atom is -0.379 e. The fourth-order valence-electron chi connectivity index (χ4n) is 3.23. The molecule has 1 unspecified atom stereocenters. The number of morpholine rings is 1. The molecule has 1 saturated heterocycles. The van der Waals surface area contributed by atoms with Crippen molar-refractivity contribution >= 4 is 17.5 Å². The molecule has 26 heavy (non-hydrogen) atoms. The molecule has 4 nitrogen and oxygen atoms in total. The van der Waals surface area contributed by atoms with Crippen molar-refractivity contribution < 1.29 is 9.53 Å². The highest BCUT2D eigenvalue weighted by molar-refractivity contribution is 6.31. The van der Waals surface area contributed by atoms with E-state index in [0.29, 0.717) is 26.2 Å². The predicted molar refractivity (Wildman–Crippen MR) is 104 cm³/mol. The number of carbonyl (C=O) groups is 1. The van der Waals surface area contributed by atoms with Gasteiger partial charge in [0.25, 0.3) is 0 Å². The van der Waals surface area contributed by atoms with E-state index in [4.69, 9.17) is 16.3 Å². The lowest BCUT2D eigenvalue weighted by Gasteiger charge is -2.35. The molecule has 2 aromatic rings. The van der Waals surface area contributed by atoms with Crippen molar-refractivity contribution in [3.05, 3.63) is 70.2 Å². The summed E-state index contributed by atoms with van der Waals surface area (Å²) < 4.78 is 5.47. The first-order chi connectivity index (χ1) is 12.6. The summed E-state index contributed by atoms with van der Waals surface area (Å²) >= 11 is 6.43. The number of aryl methyl sites for hydroxylation is 1. The topological polar surface area (TPSA) is 41.6 Å². The van der Waals surface area contributed by atoms with Gasteiger partial charge in [0.15, 0.2) is 0 Å². The number of nitrogens with zero attached hydrogens (tertiary/aromatic N) is 1. The predicted octanol–water partition coefficient (Wildman–Crippen LogP) is 3.38. The van der Waals surface area contributed by atoms with Gasteiger partial charge in [-0.15, -0.1) is 0 Å². The van der Waals surface area contributed by atoms with Crippen molar-refractivity contribution in [1.29, 1.82) is 0 Å². The zero-order chi connectivity index (χ0) is 18.4. The van der Waals surface area contributed by atoms with Crippen LogP contribution < -0.4 is 5.32 Å². The molecular formula is C21H25ClN2O2. The van der Waals surface area contributed by atoms with E-state index >= 15 is 0 Å². The number of ether oxygens (including phenoxy) is 1. The Balaban J connectivity index is 1.66. The van der Waals surface area contributed by atoms with Crippen LogP contribution in [0.4, 0.5) is 0 Å². The highest BCUT2D eigenvalue weighted by atomic mass is 35.5. The smallest absolute Gasteiger partial charge is 0.224 e. The van der Waals surface area contributed by atoms with E-state index in [0.717, 1.165) is 29.2 Å². The van der Waals surface area contributed by atoms with Crippen LogP contribution in [0.25, 0.3) is 0 Å². The van der Waals surface area contributed by atoms with Crippen LogP contribution in [0, 0.1) is 6.92 Å².